The lowest BCUT2D eigenvalue weighted by atomic mass is 10.1. The van der Waals surface area contributed by atoms with Crippen molar-refractivity contribution in [1.29, 1.82) is 0 Å². The second-order valence-corrected chi connectivity index (χ2v) is 11.3. The Balaban J connectivity index is 4.67. The van der Waals surface area contributed by atoms with Gasteiger partial charge in [0.05, 0.1) is 5.54 Å². The highest BCUT2D eigenvalue weighted by Gasteiger charge is 2.33. The molecule has 0 aromatic carbocycles. The molecule has 2 heteroatoms. The van der Waals surface area contributed by atoms with Gasteiger partial charge in [-0.2, -0.15) is 0 Å². The zero-order valence-corrected chi connectivity index (χ0v) is 13.6. The normalized spacial score (nSPS) is 15.1. The molecule has 0 aliphatic carbocycles. The predicted molar refractivity (Wildman–Crippen MR) is 79.5 cm³/mol. The van der Waals surface area contributed by atoms with E-state index in [2.05, 4.69) is 73.5 Å². The van der Waals surface area contributed by atoms with E-state index >= 15 is 0 Å². The van der Waals surface area contributed by atoms with E-state index in [1.54, 1.807) is 0 Å². The molecule has 0 rings (SSSR count). The SMILES string of the molecule is CC(C)(C)N=CCP(C(C)(C)C)C(C)(C)C. The topological polar surface area (TPSA) is 12.4 Å². The summed E-state index contributed by atoms with van der Waals surface area (Å²) in [6.07, 6.45) is 3.29. The highest BCUT2D eigenvalue weighted by molar-refractivity contribution is 7.61. The summed E-state index contributed by atoms with van der Waals surface area (Å²) in [6.45, 7) is 20.6. The summed E-state index contributed by atoms with van der Waals surface area (Å²) in [5.74, 6) is 0. The fraction of sp³-hybridized carbons (Fsp3) is 0.929. The number of hydrogen-bond donors (Lipinski definition) is 0. The van der Waals surface area contributed by atoms with Gasteiger partial charge in [-0.1, -0.05) is 49.5 Å². The zero-order valence-electron chi connectivity index (χ0n) is 12.7. The molecular formula is C14H30NP. The average Bonchev–Trinajstić information content (AvgIpc) is 1.90. The van der Waals surface area contributed by atoms with Crippen molar-refractivity contribution in [3.8, 4) is 0 Å². The van der Waals surface area contributed by atoms with Crippen molar-refractivity contribution >= 4 is 14.1 Å². The fourth-order valence-corrected chi connectivity index (χ4v) is 5.30. The van der Waals surface area contributed by atoms with Crippen molar-refractivity contribution in [3.63, 3.8) is 0 Å². The first kappa shape index (κ1) is 16.1. The van der Waals surface area contributed by atoms with E-state index < -0.39 is 0 Å². The Morgan fingerprint density at radius 1 is 0.812 bits per heavy atom. The molecule has 0 heterocycles. The van der Waals surface area contributed by atoms with Crippen LogP contribution in [0.2, 0.25) is 0 Å². The third-order valence-electron chi connectivity index (χ3n) is 2.36. The van der Waals surface area contributed by atoms with Crippen LogP contribution in [0.3, 0.4) is 0 Å². The molecule has 0 aliphatic heterocycles. The lowest BCUT2D eigenvalue weighted by Crippen LogP contribution is -2.27. The Labute approximate surface area is 104 Å². The molecule has 0 aromatic rings. The first-order valence-corrected chi connectivity index (χ1v) is 7.68. The maximum absolute atomic E-state index is 4.61. The predicted octanol–water partition coefficient (Wildman–Crippen LogP) is 4.93. The number of aliphatic imine (C=N–C) groups is 1. The van der Waals surface area contributed by atoms with Crippen LogP contribution in [0.25, 0.3) is 0 Å². The molecule has 0 N–H and O–H groups in total. The maximum Gasteiger partial charge on any atom is 0.0520 e. The second-order valence-electron chi connectivity index (χ2n) is 7.43. The summed E-state index contributed by atoms with van der Waals surface area (Å²) >= 11 is 0. The molecule has 0 amide bonds. The van der Waals surface area contributed by atoms with Crippen molar-refractivity contribution in [2.24, 2.45) is 4.99 Å². The highest BCUT2D eigenvalue weighted by atomic mass is 31.1. The molecule has 0 aliphatic rings. The molecule has 0 spiro atoms. The van der Waals surface area contributed by atoms with Crippen LogP contribution >= 0.6 is 7.92 Å². The van der Waals surface area contributed by atoms with Gasteiger partial charge in [0.2, 0.25) is 0 Å². The summed E-state index contributed by atoms with van der Waals surface area (Å²) in [7, 11) is -0.0451. The quantitative estimate of drug-likeness (QED) is 0.481. The molecule has 0 aromatic heterocycles. The van der Waals surface area contributed by atoms with Gasteiger partial charge in [0, 0.05) is 12.4 Å². The van der Waals surface area contributed by atoms with Gasteiger partial charge in [0.15, 0.2) is 0 Å². The van der Waals surface area contributed by atoms with Gasteiger partial charge in [-0.25, -0.2) is 0 Å². The minimum Gasteiger partial charge on any atom is -0.291 e. The van der Waals surface area contributed by atoms with Gasteiger partial charge >= 0.3 is 0 Å². The molecule has 0 bridgehead atoms. The minimum absolute atomic E-state index is 0.0451. The van der Waals surface area contributed by atoms with E-state index in [1.165, 1.54) is 0 Å². The molecule has 0 fully saturated rings. The standard InChI is InChI=1S/C14H30NP/c1-12(2,3)15-10-11-16(13(4,5)6)14(7,8)9/h10H,11H2,1-9H3. The van der Waals surface area contributed by atoms with Crippen LogP contribution in [0.4, 0.5) is 0 Å². The maximum atomic E-state index is 4.61. The van der Waals surface area contributed by atoms with Gasteiger partial charge in [0.1, 0.15) is 0 Å². The van der Waals surface area contributed by atoms with E-state index in [0.717, 1.165) is 6.16 Å². The lowest BCUT2D eigenvalue weighted by Gasteiger charge is -2.41. The van der Waals surface area contributed by atoms with Crippen LogP contribution in [0.1, 0.15) is 62.3 Å². The van der Waals surface area contributed by atoms with Gasteiger partial charge < -0.3 is 0 Å². The van der Waals surface area contributed by atoms with E-state index in [1.807, 2.05) is 0 Å². The van der Waals surface area contributed by atoms with E-state index in [0.29, 0.717) is 10.3 Å². The first-order valence-electron chi connectivity index (χ1n) is 6.15. The van der Waals surface area contributed by atoms with Gasteiger partial charge in [0.25, 0.3) is 0 Å². The monoisotopic (exact) mass is 243 g/mol. The van der Waals surface area contributed by atoms with Gasteiger partial charge in [-0.15, -0.1) is 0 Å². The molecule has 0 atom stereocenters. The molecule has 0 radical (unpaired) electrons. The number of hydrogen-bond acceptors (Lipinski definition) is 1. The Morgan fingerprint density at radius 2 is 1.19 bits per heavy atom. The molecule has 0 unspecified atom stereocenters. The first-order chi connectivity index (χ1) is 6.84. The Bertz CT molecular complexity index is 221. The Hall–Kier alpha value is 0.100. The third kappa shape index (κ3) is 6.63. The molecule has 1 nitrogen and oxygen atoms in total. The third-order valence-corrected chi connectivity index (χ3v) is 6.13. The summed E-state index contributed by atoms with van der Waals surface area (Å²) in [4.78, 5) is 4.61. The molecule has 0 saturated carbocycles. The number of rotatable bonds is 2. The summed E-state index contributed by atoms with van der Waals surface area (Å²) < 4.78 is 0. The minimum atomic E-state index is -0.0451. The highest BCUT2D eigenvalue weighted by Crippen LogP contribution is 2.58. The zero-order chi connectivity index (χ0) is 13.2. The molecule has 0 saturated heterocycles. The van der Waals surface area contributed by atoms with Crippen LogP contribution in [0, 0.1) is 0 Å². The van der Waals surface area contributed by atoms with Crippen molar-refractivity contribution in [1.82, 2.24) is 0 Å². The van der Waals surface area contributed by atoms with Crippen LogP contribution in [0.5, 0.6) is 0 Å². The average molecular weight is 243 g/mol. The van der Waals surface area contributed by atoms with E-state index in [4.69, 9.17) is 0 Å². The van der Waals surface area contributed by atoms with Crippen LogP contribution in [-0.4, -0.2) is 28.2 Å². The van der Waals surface area contributed by atoms with Crippen molar-refractivity contribution in [2.75, 3.05) is 6.16 Å². The van der Waals surface area contributed by atoms with Crippen LogP contribution < -0.4 is 0 Å². The largest absolute Gasteiger partial charge is 0.291 e. The van der Waals surface area contributed by atoms with Crippen molar-refractivity contribution in [3.05, 3.63) is 0 Å². The number of nitrogens with zero attached hydrogens (tertiary/aromatic N) is 1. The Morgan fingerprint density at radius 3 is 1.44 bits per heavy atom. The fourth-order valence-electron chi connectivity index (χ4n) is 1.95. The molecule has 96 valence electrons. The Kier molecular flexibility index (Phi) is 5.20. The summed E-state index contributed by atoms with van der Waals surface area (Å²) in [6, 6.07) is 0. The van der Waals surface area contributed by atoms with E-state index in [9.17, 15) is 0 Å². The van der Waals surface area contributed by atoms with E-state index in [-0.39, 0.29) is 13.5 Å². The summed E-state index contributed by atoms with van der Waals surface area (Å²) in [5, 5.41) is 0.801. The van der Waals surface area contributed by atoms with Crippen LogP contribution in [-0.2, 0) is 0 Å². The second kappa shape index (κ2) is 5.17. The smallest absolute Gasteiger partial charge is 0.0520 e. The van der Waals surface area contributed by atoms with Gasteiger partial charge in [-0.3, -0.25) is 4.99 Å². The van der Waals surface area contributed by atoms with Crippen LogP contribution in [0.15, 0.2) is 4.99 Å². The lowest BCUT2D eigenvalue weighted by molar-refractivity contribution is 0.586. The van der Waals surface area contributed by atoms with Crippen molar-refractivity contribution in [2.45, 2.75) is 78.2 Å². The summed E-state index contributed by atoms with van der Waals surface area (Å²) in [5.41, 5.74) is 0.0662. The molecular weight excluding hydrogens is 213 g/mol. The van der Waals surface area contributed by atoms with Gasteiger partial charge in [-0.05, 0) is 31.1 Å². The van der Waals surface area contributed by atoms with Crippen molar-refractivity contribution < 1.29 is 0 Å². The molecule has 16 heavy (non-hydrogen) atoms.